The Labute approximate surface area is 250 Å². The minimum Gasteiger partial charge on any atom is -0.465 e. The number of thiophene rings is 1. The van der Waals surface area contributed by atoms with Crippen LogP contribution in [0.1, 0.15) is 42.5 Å². The largest absolute Gasteiger partial charge is 0.465 e. The third kappa shape index (κ3) is 5.41. The molecular formula is C31H28FN3O7S. The molecule has 3 aromatic rings. The maximum Gasteiger partial charge on any atom is 0.338 e. The van der Waals surface area contributed by atoms with Crippen LogP contribution in [0.5, 0.6) is 0 Å². The fourth-order valence-corrected chi connectivity index (χ4v) is 6.61. The number of benzene rings is 2. The van der Waals surface area contributed by atoms with E-state index in [0.717, 1.165) is 4.88 Å². The topological polar surface area (TPSA) is 142 Å². The zero-order valence-corrected chi connectivity index (χ0v) is 24.1. The smallest absolute Gasteiger partial charge is 0.338 e. The lowest BCUT2D eigenvalue weighted by Gasteiger charge is -2.43. The molecule has 0 unspecified atom stereocenters. The predicted molar refractivity (Wildman–Crippen MR) is 156 cm³/mol. The number of nitro groups is 1. The lowest BCUT2D eigenvalue weighted by molar-refractivity contribution is -0.384. The van der Waals surface area contributed by atoms with Crippen molar-refractivity contribution in [2.45, 2.75) is 32.1 Å². The first-order valence-corrected chi connectivity index (χ1v) is 14.5. The molecule has 1 aromatic heterocycles. The second-order valence-corrected chi connectivity index (χ2v) is 10.9. The number of nitrogens with zero attached hydrogens (tertiary/aromatic N) is 2. The summed E-state index contributed by atoms with van der Waals surface area (Å²) in [6, 6.07) is 14.6. The van der Waals surface area contributed by atoms with Crippen LogP contribution in [0.15, 0.2) is 88.7 Å². The summed E-state index contributed by atoms with van der Waals surface area (Å²) in [6.07, 6.45) is 0.130. The second kappa shape index (κ2) is 12.2. The van der Waals surface area contributed by atoms with Crippen LogP contribution in [0.4, 0.5) is 15.8 Å². The number of ketones is 1. The Hall–Kier alpha value is -4.84. The monoisotopic (exact) mass is 605 g/mol. The highest BCUT2D eigenvalue weighted by Gasteiger charge is 2.51. The van der Waals surface area contributed by atoms with E-state index in [2.05, 4.69) is 0 Å². The fraction of sp³-hybridized carbons (Fsp3) is 0.258. The van der Waals surface area contributed by atoms with Gasteiger partial charge in [-0.15, -0.1) is 11.3 Å². The highest BCUT2D eigenvalue weighted by Crippen LogP contribution is 2.52. The SMILES string of the molecule is CCOC(=O)C1=C(N)N(c2ccc([N+](=O)[O-])cc2)C2=C(C(=O)[C@H](C(=O)OCC)[C@H](c3cccs3)C2)[C@@H]1c1cccc(F)c1. The first-order chi connectivity index (χ1) is 20.7. The van der Waals surface area contributed by atoms with Crippen LogP contribution in [0, 0.1) is 21.8 Å². The van der Waals surface area contributed by atoms with Gasteiger partial charge in [0.2, 0.25) is 0 Å². The third-order valence-corrected chi connectivity index (χ3v) is 8.49. The number of non-ortho nitro benzene ring substituents is 1. The van der Waals surface area contributed by atoms with Crippen molar-refractivity contribution in [3.05, 3.63) is 115 Å². The van der Waals surface area contributed by atoms with Gasteiger partial charge >= 0.3 is 11.9 Å². The number of carbonyl (C=O) groups is 3. The van der Waals surface area contributed by atoms with Crippen molar-refractivity contribution in [3.63, 3.8) is 0 Å². The predicted octanol–water partition coefficient (Wildman–Crippen LogP) is 5.32. The van der Waals surface area contributed by atoms with Gasteiger partial charge in [0.15, 0.2) is 5.78 Å². The molecule has 1 aliphatic carbocycles. The van der Waals surface area contributed by atoms with Gasteiger partial charge in [0.25, 0.3) is 5.69 Å². The summed E-state index contributed by atoms with van der Waals surface area (Å²) in [7, 11) is 0. The molecule has 43 heavy (non-hydrogen) atoms. The molecule has 3 atom stereocenters. The third-order valence-electron chi connectivity index (χ3n) is 7.48. The van der Waals surface area contributed by atoms with Crippen LogP contribution >= 0.6 is 11.3 Å². The van der Waals surface area contributed by atoms with Crippen molar-refractivity contribution in [1.29, 1.82) is 0 Å². The van der Waals surface area contributed by atoms with E-state index in [4.69, 9.17) is 15.2 Å². The van der Waals surface area contributed by atoms with Gasteiger partial charge in [0.05, 0.1) is 29.6 Å². The lowest BCUT2D eigenvalue weighted by atomic mass is 9.68. The first-order valence-electron chi connectivity index (χ1n) is 13.6. The van der Waals surface area contributed by atoms with Crippen molar-refractivity contribution in [1.82, 2.24) is 0 Å². The molecule has 0 saturated carbocycles. The number of halogens is 1. The van der Waals surface area contributed by atoms with E-state index in [0.29, 0.717) is 11.4 Å². The highest BCUT2D eigenvalue weighted by molar-refractivity contribution is 7.10. The maximum absolute atomic E-state index is 14.6. The minimum absolute atomic E-state index is 0.00519. The van der Waals surface area contributed by atoms with E-state index in [1.807, 2.05) is 17.5 Å². The molecule has 0 bridgehead atoms. The number of hydrogen-bond donors (Lipinski definition) is 1. The van der Waals surface area contributed by atoms with Gasteiger partial charge in [0, 0.05) is 39.9 Å². The number of carbonyl (C=O) groups excluding carboxylic acids is 3. The van der Waals surface area contributed by atoms with Crippen LogP contribution in [0.3, 0.4) is 0 Å². The summed E-state index contributed by atoms with van der Waals surface area (Å²) in [5.74, 6) is -5.83. The number of Topliss-reactive ketones (excluding diaryl/α,β-unsaturated/α-hetero) is 1. The zero-order chi connectivity index (χ0) is 30.8. The molecule has 222 valence electrons. The van der Waals surface area contributed by atoms with E-state index < -0.39 is 46.2 Å². The van der Waals surface area contributed by atoms with E-state index in [-0.39, 0.29) is 47.9 Å². The Morgan fingerprint density at radius 3 is 2.42 bits per heavy atom. The summed E-state index contributed by atoms with van der Waals surface area (Å²) in [5.41, 5.74) is 7.55. The fourth-order valence-electron chi connectivity index (χ4n) is 5.75. The van der Waals surface area contributed by atoms with Crippen LogP contribution < -0.4 is 10.6 Å². The van der Waals surface area contributed by atoms with Crippen LogP contribution in [0.25, 0.3) is 0 Å². The Morgan fingerprint density at radius 1 is 1.09 bits per heavy atom. The molecule has 0 radical (unpaired) electrons. The van der Waals surface area contributed by atoms with E-state index in [1.54, 1.807) is 19.9 Å². The number of rotatable bonds is 8. The van der Waals surface area contributed by atoms with Crippen molar-refractivity contribution in [2.24, 2.45) is 11.7 Å². The molecule has 0 spiro atoms. The van der Waals surface area contributed by atoms with Crippen molar-refractivity contribution in [2.75, 3.05) is 18.1 Å². The maximum atomic E-state index is 14.6. The Bertz CT molecular complexity index is 1650. The number of nitrogens with two attached hydrogens (primary N) is 1. The molecule has 10 nitrogen and oxygen atoms in total. The average molecular weight is 606 g/mol. The van der Waals surface area contributed by atoms with Gasteiger partial charge in [-0.05, 0) is 61.5 Å². The lowest BCUT2D eigenvalue weighted by Crippen LogP contribution is -2.46. The standard InChI is InChI=1S/C31H28FN3O7S/c1-3-41-30(37)25-21(23-9-6-14-43-23)16-22-26(28(25)36)24(17-7-5-8-18(32)15-17)27(31(38)42-4-2)29(33)34(22)19-10-12-20(13-11-19)35(39)40/h5-15,21,24-25H,3-4,16,33H2,1-2H3/t21-,24-,25+/m0/s1. The summed E-state index contributed by atoms with van der Waals surface area (Å²) >= 11 is 1.38. The Balaban J connectivity index is 1.81. The van der Waals surface area contributed by atoms with E-state index in [9.17, 15) is 28.9 Å². The van der Waals surface area contributed by atoms with Crippen LogP contribution in [-0.4, -0.2) is 35.9 Å². The summed E-state index contributed by atoms with van der Waals surface area (Å²) in [4.78, 5) is 54.7. The number of hydrogen-bond acceptors (Lipinski definition) is 10. The van der Waals surface area contributed by atoms with Gasteiger partial charge in [0.1, 0.15) is 17.6 Å². The molecule has 2 heterocycles. The number of ether oxygens (including phenoxy) is 2. The normalized spacial score (nSPS) is 20.1. The number of anilines is 1. The molecule has 12 heteroatoms. The molecule has 1 aliphatic heterocycles. The molecule has 2 N–H and O–H groups in total. The van der Waals surface area contributed by atoms with E-state index >= 15 is 0 Å². The number of allylic oxidation sites excluding steroid dienone is 2. The summed E-state index contributed by atoms with van der Waals surface area (Å²) < 4.78 is 25.3. The van der Waals surface area contributed by atoms with Crippen LogP contribution in [0.2, 0.25) is 0 Å². The molecule has 0 fully saturated rings. The average Bonchev–Trinajstić information content (AvgIpc) is 3.52. The number of esters is 2. The van der Waals surface area contributed by atoms with Gasteiger partial charge in [-0.3, -0.25) is 24.6 Å². The quantitative estimate of drug-likeness (QED) is 0.156. The minimum atomic E-state index is -1.24. The highest BCUT2D eigenvalue weighted by atomic mass is 32.1. The summed E-state index contributed by atoms with van der Waals surface area (Å²) in [5, 5.41) is 13.2. The zero-order valence-electron chi connectivity index (χ0n) is 23.3. The Morgan fingerprint density at radius 2 is 1.81 bits per heavy atom. The molecule has 0 saturated heterocycles. The van der Waals surface area contributed by atoms with Crippen LogP contribution in [-0.2, 0) is 23.9 Å². The van der Waals surface area contributed by atoms with Gasteiger partial charge in [-0.2, -0.15) is 0 Å². The Kier molecular flexibility index (Phi) is 8.40. The molecule has 0 amide bonds. The molecular weight excluding hydrogens is 577 g/mol. The number of nitro benzene ring substituents is 1. The van der Waals surface area contributed by atoms with Crippen molar-refractivity contribution >= 4 is 40.4 Å². The molecule has 2 aliphatic rings. The van der Waals surface area contributed by atoms with Crippen molar-refractivity contribution < 1.29 is 33.2 Å². The van der Waals surface area contributed by atoms with Gasteiger partial charge in [-0.25, -0.2) is 9.18 Å². The second-order valence-electron chi connectivity index (χ2n) is 9.90. The summed E-state index contributed by atoms with van der Waals surface area (Å²) in [6.45, 7) is 3.30. The molecule has 2 aromatic carbocycles. The molecule has 5 rings (SSSR count). The van der Waals surface area contributed by atoms with Gasteiger partial charge in [-0.1, -0.05) is 18.2 Å². The van der Waals surface area contributed by atoms with Crippen molar-refractivity contribution in [3.8, 4) is 0 Å². The first kappa shape index (κ1) is 29.6. The van der Waals surface area contributed by atoms with Gasteiger partial charge < -0.3 is 15.2 Å². The van der Waals surface area contributed by atoms with E-state index in [1.165, 1.54) is 58.7 Å².